The largest absolute Gasteiger partial charge is 0.207 e. The van der Waals surface area contributed by atoms with Gasteiger partial charge >= 0.3 is 0 Å². The highest BCUT2D eigenvalue weighted by atomic mass is 28.3. The van der Waals surface area contributed by atoms with Crippen molar-refractivity contribution >= 4 is 8.80 Å². The highest BCUT2D eigenvalue weighted by Gasteiger charge is 2.32. The zero-order chi connectivity index (χ0) is 20.8. The van der Waals surface area contributed by atoms with E-state index in [1.54, 1.807) is 43.1 Å². The molecule has 0 unspecified atom stereocenters. The maximum atomic E-state index is 13.4. The molecular formula is C28H39FSi. The van der Waals surface area contributed by atoms with E-state index in [1.165, 1.54) is 56.1 Å². The van der Waals surface area contributed by atoms with E-state index in [-0.39, 0.29) is 14.6 Å². The molecule has 2 heteroatoms. The molecular weight excluding hydrogens is 383 g/mol. The predicted octanol–water partition coefficient (Wildman–Crippen LogP) is 8.59. The number of benzene rings is 2. The van der Waals surface area contributed by atoms with E-state index in [4.69, 9.17) is 0 Å². The molecule has 2 aliphatic rings. The van der Waals surface area contributed by atoms with Crippen LogP contribution in [-0.4, -0.2) is 8.80 Å². The van der Waals surface area contributed by atoms with Crippen LogP contribution in [0, 0.1) is 17.7 Å². The predicted molar refractivity (Wildman–Crippen MR) is 130 cm³/mol. The summed E-state index contributed by atoms with van der Waals surface area (Å²) in [6.45, 7) is 2.33. The normalized spacial score (nSPS) is 27.1. The third-order valence-electron chi connectivity index (χ3n) is 8.10. The third kappa shape index (κ3) is 5.44. The zero-order valence-corrected chi connectivity index (χ0v) is 19.9. The van der Waals surface area contributed by atoms with Gasteiger partial charge < -0.3 is 0 Å². The summed E-state index contributed by atoms with van der Waals surface area (Å²) in [5.74, 6) is 2.51. The molecule has 1 aliphatic carbocycles. The fourth-order valence-corrected chi connectivity index (χ4v) is 9.81. The van der Waals surface area contributed by atoms with Crippen LogP contribution in [0.15, 0.2) is 48.5 Å². The number of hydrogen-bond acceptors (Lipinski definition) is 0. The van der Waals surface area contributed by atoms with Crippen LogP contribution in [0.5, 0.6) is 0 Å². The van der Waals surface area contributed by atoms with E-state index >= 15 is 0 Å². The van der Waals surface area contributed by atoms with Gasteiger partial charge in [0, 0.05) is 8.80 Å². The molecule has 0 N–H and O–H groups in total. The van der Waals surface area contributed by atoms with E-state index in [2.05, 4.69) is 31.2 Å². The maximum Gasteiger partial charge on any atom is 0.123 e. The first-order valence-electron chi connectivity index (χ1n) is 12.6. The van der Waals surface area contributed by atoms with Crippen molar-refractivity contribution in [2.45, 2.75) is 88.8 Å². The first-order chi connectivity index (χ1) is 14.7. The van der Waals surface area contributed by atoms with Gasteiger partial charge in [0.2, 0.25) is 0 Å². The van der Waals surface area contributed by atoms with Crippen LogP contribution in [0.2, 0.25) is 18.1 Å². The number of rotatable bonds is 7. The van der Waals surface area contributed by atoms with Gasteiger partial charge in [-0.05, 0) is 72.3 Å². The molecule has 1 aliphatic heterocycles. The van der Waals surface area contributed by atoms with Crippen LogP contribution in [-0.2, 0) is 0 Å². The monoisotopic (exact) mass is 422 g/mol. The highest BCUT2D eigenvalue weighted by molar-refractivity contribution is 6.58. The average molecular weight is 423 g/mol. The molecule has 0 nitrogen and oxygen atoms in total. The quantitative estimate of drug-likeness (QED) is 0.309. The molecule has 0 spiro atoms. The van der Waals surface area contributed by atoms with Gasteiger partial charge in [-0.2, -0.15) is 0 Å². The zero-order valence-electron chi connectivity index (χ0n) is 18.8. The summed E-state index contributed by atoms with van der Waals surface area (Å²) < 4.78 is 13.4. The van der Waals surface area contributed by atoms with Crippen LogP contribution in [0.25, 0.3) is 11.1 Å². The minimum atomic E-state index is -0.384. The van der Waals surface area contributed by atoms with E-state index in [1.807, 2.05) is 12.1 Å². The van der Waals surface area contributed by atoms with Crippen molar-refractivity contribution in [1.29, 1.82) is 0 Å². The average Bonchev–Trinajstić information content (AvgIpc) is 2.80. The van der Waals surface area contributed by atoms with E-state index < -0.39 is 0 Å². The summed E-state index contributed by atoms with van der Waals surface area (Å²) in [6.07, 6.45) is 12.9. The SMILES string of the molecule is CCCCC[SiH]1CCC(C2CCC(c3ccccc3-c3ccc(F)cc3)CC2)CC1. The molecule has 2 fully saturated rings. The van der Waals surface area contributed by atoms with Crippen molar-refractivity contribution < 1.29 is 4.39 Å². The summed E-state index contributed by atoms with van der Waals surface area (Å²) in [7, 11) is -0.384. The van der Waals surface area contributed by atoms with Crippen LogP contribution in [0.1, 0.15) is 76.2 Å². The van der Waals surface area contributed by atoms with Crippen molar-refractivity contribution in [3.63, 3.8) is 0 Å². The van der Waals surface area contributed by atoms with E-state index in [0.717, 1.165) is 17.4 Å². The summed E-state index contributed by atoms with van der Waals surface area (Å²) >= 11 is 0. The van der Waals surface area contributed by atoms with Crippen LogP contribution in [0.3, 0.4) is 0 Å². The molecule has 0 amide bonds. The lowest BCUT2D eigenvalue weighted by molar-refractivity contribution is 0.216. The molecule has 162 valence electrons. The molecule has 30 heavy (non-hydrogen) atoms. The lowest BCUT2D eigenvalue weighted by Gasteiger charge is -2.38. The van der Waals surface area contributed by atoms with Crippen molar-refractivity contribution in [3.8, 4) is 11.1 Å². The Morgan fingerprint density at radius 3 is 2.17 bits per heavy atom. The summed E-state index contributed by atoms with van der Waals surface area (Å²) in [5, 5.41) is 0. The first kappa shape index (κ1) is 21.8. The molecule has 1 saturated heterocycles. The Bertz CT molecular complexity index is 767. The smallest absolute Gasteiger partial charge is 0.123 e. The van der Waals surface area contributed by atoms with Gasteiger partial charge in [0.25, 0.3) is 0 Å². The van der Waals surface area contributed by atoms with Crippen LogP contribution >= 0.6 is 0 Å². The van der Waals surface area contributed by atoms with Crippen LogP contribution < -0.4 is 0 Å². The standard InChI is InChI=1S/C28H39FSi/c1-2-3-6-19-30-20-17-23(18-21-30)22-9-11-24(12-10-22)27-7-4-5-8-28(27)25-13-15-26(29)16-14-25/h4-5,7-8,13-16,22-24,30H,2-3,6,9-12,17-21H2,1H3. The van der Waals surface area contributed by atoms with Gasteiger partial charge in [-0.25, -0.2) is 4.39 Å². The van der Waals surface area contributed by atoms with Crippen LogP contribution in [0.4, 0.5) is 4.39 Å². The Balaban J connectivity index is 1.32. The molecule has 0 bridgehead atoms. The Labute approximate surface area is 184 Å². The molecule has 2 aromatic rings. The van der Waals surface area contributed by atoms with E-state index in [0.29, 0.717) is 5.92 Å². The first-order valence-corrected chi connectivity index (χ1v) is 15.0. The fourth-order valence-electron chi connectivity index (χ4n) is 6.28. The van der Waals surface area contributed by atoms with Gasteiger partial charge in [-0.15, -0.1) is 0 Å². The molecule has 0 atom stereocenters. The lowest BCUT2D eigenvalue weighted by atomic mass is 9.71. The Kier molecular flexibility index (Phi) is 7.81. The molecule has 1 saturated carbocycles. The number of halogens is 1. The topological polar surface area (TPSA) is 0 Å². The Hall–Kier alpha value is -1.41. The highest BCUT2D eigenvalue weighted by Crippen LogP contribution is 2.45. The third-order valence-corrected chi connectivity index (χ3v) is 11.6. The fraction of sp³-hybridized carbons (Fsp3) is 0.571. The molecule has 1 heterocycles. The van der Waals surface area contributed by atoms with Gasteiger partial charge in [0.15, 0.2) is 0 Å². The summed E-state index contributed by atoms with van der Waals surface area (Å²) in [4.78, 5) is 0. The lowest BCUT2D eigenvalue weighted by Crippen LogP contribution is -2.28. The van der Waals surface area contributed by atoms with Crippen molar-refractivity contribution in [2.24, 2.45) is 11.8 Å². The Morgan fingerprint density at radius 2 is 1.47 bits per heavy atom. The second kappa shape index (κ2) is 10.8. The number of unbranched alkanes of at least 4 members (excludes halogenated alkanes) is 2. The minimum Gasteiger partial charge on any atom is -0.207 e. The Morgan fingerprint density at radius 1 is 0.800 bits per heavy atom. The number of hydrogen-bond donors (Lipinski definition) is 0. The van der Waals surface area contributed by atoms with Gasteiger partial charge in [-0.1, -0.05) is 93.6 Å². The van der Waals surface area contributed by atoms with Crippen molar-refractivity contribution in [2.75, 3.05) is 0 Å². The summed E-state index contributed by atoms with van der Waals surface area (Å²) in [5.41, 5.74) is 3.94. The van der Waals surface area contributed by atoms with Gasteiger partial charge in [0.1, 0.15) is 5.82 Å². The maximum absolute atomic E-state index is 13.4. The second-order valence-corrected chi connectivity index (χ2v) is 13.4. The van der Waals surface area contributed by atoms with E-state index in [9.17, 15) is 4.39 Å². The van der Waals surface area contributed by atoms with Gasteiger partial charge in [-0.3, -0.25) is 0 Å². The molecule has 0 aromatic heterocycles. The van der Waals surface area contributed by atoms with Crippen molar-refractivity contribution in [1.82, 2.24) is 0 Å². The summed E-state index contributed by atoms with van der Waals surface area (Å²) in [6, 6.07) is 20.8. The second-order valence-electron chi connectivity index (χ2n) is 9.98. The molecule has 2 aromatic carbocycles. The molecule has 0 radical (unpaired) electrons. The molecule has 4 rings (SSSR count). The van der Waals surface area contributed by atoms with Crippen molar-refractivity contribution in [3.05, 3.63) is 59.9 Å². The minimum absolute atomic E-state index is 0.153. The van der Waals surface area contributed by atoms with Gasteiger partial charge in [0.05, 0.1) is 0 Å².